The lowest BCUT2D eigenvalue weighted by Crippen LogP contribution is -2.56. The number of benzene rings is 7. The molecule has 3 heterocycles. The van der Waals surface area contributed by atoms with E-state index < -0.39 is 0 Å². The first-order chi connectivity index (χ1) is 21.8. The molecular weight excluding hydrogens is 537 g/mol. The van der Waals surface area contributed by atoms with Crippen molar-refractivity contribution in [3.63, 3.8) is 0 Å². The lowest BCUT2D eigenvalue weighted by atomic mass is 9.39. The minimum Gasteiger partial charge on any atom is -0.468 e. The molecule has 0 aliphatic carbocycles. The predicted octanol–water partition coefficient (Wildman–Crippen LogP) is 8.94. The van der Waals surface area contributed by atoms with E-state index in [2.05, 4.69) is 138 Å². The zero-order valence-electron chi connectivity index (χ0n) is 23.7. The minimum atomic E-state index is -0.178. The molecule has 0 fully saturated rings. The highest BCUT2D eigenvalue weighted by Gasteiger charge is 2.44. The largest absolute Gasteiger partial charge is 0.468 e. The Labute approximate surface area is 253 Å². The average Bonchev–Trinajstić information content (AvgIpc) is 3.66. The molecule has 0 saturated heterocycles. The topological polar surface area (TPSA) is 29.5 Å². The Morgan fingerprint density at radius 3 is 1.36 bits per heavy atom. The maximum Gasteiger partial charge on any atom is 0.338 e. The second-order valence-corrected chi connectivity index (χ2v) is 11.6. The van der Waals surface area contributed by atoms with Gasteiger partial charge >= 0.3 is 6.71 Å². The third-order valence-electron chi connectivity index (χ3n) is 9.28. The third-order valence-corrected chi connectivity index (χ3v) is 9.28. The summed E-state index contributed by atoms with van der Waals surface area (Å²) in [7, 11) is 0. The average molecular weight is 561 g/mol. The SMILES string of the molecule is c1ccc(B2c3oc4ccccc4c3N(c3ccc4c5ccccc5c5ccccc5c4c3)c3c2oc2ccccc32)cc1. The van der Waals surface area contributed by atoms with Crippen molar-refractivity contribution in [1.29, 1.82) is 0 Å². The van der Waals surface area contributed by atoms with E-state index in [0.29, 0.717) is 0 Å². The maximum absolute atomic E-state index is 6.78. The summed E-state index contributed by atoms with van der Waals surface area (Å²) < 4.78 is 13.6. The van der Waals surface area contributed by atoms with Crippen molar-refractivity contribution >= 4 is 94.8 Å². The van der Waals surface area contributed by atoms with Gasteiger partial charge in [0.15, 0.2) is 0 Å². The van der Waals surface area contributed by atoms with Crippen molar-refractivity contribution in [3.8, 4) is 0 Å². The highest BCUT2D eigenvalue weighted by molar-refractivity contribution is 6.97. The summed E-state index contributed by atoms with van der Waals surface area (Å²) in [5, 5.41) is 9.70. The molecular formula is C40H24BNO2. The normalized spacial score (nSPS) is 12.9. The number of rotatable bonds is 2. The second-order valence-electron chi connectivity index (χ2n) is 11.6. The van der Waals surface area contributed by atoms with E-state index in [0.717, 1.165) is 55.8 Å². The van der Waals surface area contributed by atoms with Gasteiger partial charge in [0.25, 0.3) is 0 Å². The molecule has 7 aromatic carbocycles. The molecule has 1 aliphatic rings. The molecule has 44 heavy (non-hydrogen) atoms. The lowest BCUT2D eigenvalue weighted by Gasteiger charge is -2.31. The first kappa shape index (κ1) is 23.8. The Balaban J connectivity index is 1.34. The summed E-state index contributed by atoms with van der Waals surface area (Å²) in [5.74, 6) is 0. The van der Waals surface area contributed by atoms with Crippen LogP contribution in [0.1, 0.15) is 0 Å². The van der Waals surface area contributed by atoms with Crippen molar-refractivity contribution in [3.05, 3.63) is 146 Å². The first-order valence-electron chi connectivity index (χ1n) is 15.1. The van der Waals surface area contributed by atoms with Crippen molar-refractivity contribution in [1.82, 2.24) is 0 Å². The van der Waals surface area contributed by atoms with Crippen LogP contribution in [-0.4, -0.2) is 6.71 Å². The number of hydrogen-bond acceptors (Lipinski definition) is 3. The summed E-state index contributed by atoms with van der Waals surface area (Å²) in [4.78, 5) is 2.38. The van der Waals surface area contributed by atoms with Gasteiger partial charge in [0.05, 0.1) is 11.4 Å². The lowest BCUT2D eigenvalue weighted by molar-refractivity contribution is 0.636. The fourth-order valence-electron chi connectivity index (χ4n) is 7.43. The van der Waals surface area contributed by atoms with Crippen molar-refractivity contribution < 1.29 is 8.83 Å². The van der Waals surface area contributed by atoms with Gasteiger partial charge in [-0.1, -0.05) is 115 Å². The number of furan rings is 2. The quantitative estimate of drug-likeness (QED) is 0.156. The molecule has 9 aromatic rings. The zero-order chi connectivity index (χ0) is 28.8. The fourth-order valence-corrected chi connectivity index (χ4v) is 7.43. The molecule has 0 unspecified atom stereocenters. The number of hydrogen-bond donors (Lipinski definition) is 0. The van der Waals surface area contributed by atoms with Crippen molar-refractivity contribution in [2.45, 2.75) is 0 Å². The van der Waals surface area contributed by atoms with Gasteiger partial charge < -0.3 is 13.7 Å². The van der Waals surface area contributed by atoms with Crippen LogP contribution >= 0.6 is 0 Å². The molecule has 0 N–H and O–H groups in total. The Bertz CT molecular complexity index is 2460. The molecule has 0 atom stereocenters. The van der Waals surface area contributed by atoms with Gasteiger partial charge in [0, 0.05) is 16.5 Å². The van der Waals surface area contributed by atoms with E-state index >= 15 is 0 Å². The van der Waals surface area contributed by atoms with Crippen LogP contribution in [0.3, 0.4) is 0 Å². The van der Waals surface area contributed by atoms with Gasteiger partial charge in [0.1, 0.15) is 22.5 Å². The van der Waals surface area contributed by atoms with E-state index in [1.54, 1.807) is 0 Å². The molecule has 0 amide bonds. The van der Waals surface area contributed by atoms with E-state index in [1.165, 1.54) is 32.3 Å². The second kappa shape index (κ2) is 8.89. The Kier molecular flexibility index (Phi) is 4.80. The molecule has 2 aromatic heterocycles. The summed E-state index contributed by atoms with van der Waals surface area (Å²) in [5.41, 5.74) is 7.88. The summed E-state index contributed by atoms with van der Waals surface area (Å²) >= 11 is 0. The maximum atomic E-state index is 6.78. The number of nitrogens with zero attached hydrogens (tertiary/aromatic N) is 1. The highest BCUT2D eigenvalue weighted by atomic mass is 16.4. The van der Waals surface area contributed by atoms with Crippen LogP contribution in [-0.2, 0) is 0 Å². The molecule has 0 radical (unpaired) electrons. The van der Waals surface area contributed by atoms with Crippen LogP contribution in [0, 0.1) is 0 Å². The molecule has 0 bridgehead atoms. The number of anilines is 3. The fraction of sp³-hybridized carbons (Fsp3) is 0. The van der Waals surface area contributed by atoms with Gasteiger partial charge in [0.2, 0.25) is 0 Å². The standard InChI is InChI=1S/C40H24BNO2/c1-2-12-25(13-3-1)41-39-37(32-18-8-10-20-35(32)43-39)42(38-33-19-9-11-21-36(33)44-40(38)41)26-22-23-31-29-16-5-4-14-27(29)28-15-6-7-17-30(28)34(31)24-26/h1-24H. The molecule has 10 rings (SSSR count). The third kappa shape index (κ3) is 3.17. The van der Waals surface area contributed by atoms with Crippen LogP contribution in [0.15, 0.2) is 154 Å². The van der Waals surface area contributed by atoms with E-state index in [1.807, 2.05) is 12.1 Å². The van der Waals surface area contributed by atoms with E-state index in [-0.39, 0.29) is 6.71 Å². The van der Waals surface area contributed by atoms with Crippen LogP contribution in [0.4, 0.5) is 17.1 Å². The van der Waals surface area contributed by atoms with Gasteiger partial charge in [-0.15, -0.1) is 0 Å². The summed E-state index contributed by atoms with van der Waals surface area (Å²) in [6, 6.07) is 51.7. The van der Waals surface area contributed by atoms with E-state index in [9.17, 15) is 0 Å². The molecule has 0 saturated carbocycles. The van der Waals surface area contributed by atoms with Crippen molar-refractivity contribution in [2.24, 2.45) is 0 Å². The Hall–Kier alpha value is -5.74. The number of fused-ring (bicyclic) bond motifs is 12. The van der Waals surface area contributed by atoms with Crippen LogP contribution in [0.25, 0.3) is 54.3 Å². The van der Waals surface area contributed by atoms with Crippen LogP contribution in [0.5, 0.6) is 0 Å². The van der Waals surface area contributed by atoms with Crippen molar-refractivity contribution in [2.75, 3.05) is 4.90 Å². The zero-order valence-corrected chi connectivity index (χ0v) is 23.7. The molecule has 4 heteroatoms. The Morgan fingerprint density at radius 1 is 0.386 bits per heavy atom. The Morgan fingerprint density at radius 2 is 0.818 bits per heavy atom. The van der Waals surface area contributed by atoms with Gasteiger partial charge in [-0.05, 0) is 68.7 Å². The van der Waals surface area contributed by atoms with Gasteiger partial charge in [-0.3, -0.25) is 0 Å². The van der Waals surface area contributed by atoms with Crippen LogP contribution < -0.4 is 21.7 Å². The summed E-state index contributed by atoms with van der Waals surface area (Å²) in [6.07, 6.45) is 0. The summed E-state index contributed by atoms with van der Waals surface area (Å²) in [6.45, 7) is -0.178. The molecule has 0 spiro atoms. The predicted molar refractivity (Wildman–Crippen MR) is 184 cm³/mol. The molecule has 204 valence electrons. The number of para-hydroxylation sites is 2. The smallest absolute Gasteiger partial charge is 0.338 e. The monoisotopic (exact) mass is 561 g/mol. The minimum absolute atomic E-state index is 0.178. The van der Waals surface area contributed by atoms with Gasteiger partial charge in [-0.2, -0.15) is 0 Å². The first-order valence-corrected chi connectivity index (χ1v) is 15.1. The highest BCUT2D eigenvalue weighted by Crippen LogP contribution is 2.46. The molecule has 1 aliphatic heterocycles. The molecule has 3 nitrogen and oxygen atoms in total. The van der Waals surface area contributed by atoms with Gasteiger partial charge in [-0.25, -0.2) is 0 Å². The van der Waals surface area contributed by atoms with Crippen LogP contribution in [0.2, 0.25) is 0 Å². The van der Waals surface area contributed by atoms with E-state index in [4.69, 9.17) is 8.83 Å².